The number of hydrogen-bond donors (Lipinski definition) is 3. The molecule has 0 aromatic carbocycles. The molecule has 0 radical (unpaired) electrons. The Kier molecular flexibility index (Phi) is 3.03. The molecule has 0 aliphatic heterocycles. The topological polar surface area (TPSA) is 100 Å². The standard InChI is InChI=1S/C14H21N5O/c1-8(2)7-14(5-3-4-6-14)12-16-9-10(17-12)18-13(15)19-11(9)20/h8H,3-7H2,1-2H3,(H4,15,16,17,18,19,20). The predicted octanol–water partition coefficient (Wildman–Crippen LogP) is 2.09. The summed E-state index contributed by atoms with van der Waals surface area (Å²) in [7, 11) is 0. The second-order valence-corrected chi connectivity index (χ2v) is 6.32. The molecule has 108 valence electrons. The highest BCUT2D eigenvalue weighted by atomic mass is 16.1. The molecule has 1 aliphatic carbocycles. The number of nitrogen functional groups attached to an aromatic ring is 1. The van der Waals surface area contributed by atoms with E-state index < -0.39 is 0 Å². The number of nitrogens with two attached hydrogens (primary N) is 1. The van der Waals surface area contributed by atoms with E-state index in [9.17, 15) is 4.79 Å². The minimum Gasteiger partial charge on any atom is -0.369 e. The number of nitrogens with zero attached hydrogens (tertiary/aromatic N) is 2. The molecule has 0 saturated heterocycles. The van der Waals surface area contributed by atoms with Crippen molar-refractivity contribution in [3.63, 3.8) is 0 Å². The minimum atomic E-state index is -0.246. The second-order valence-electron chi connectivity index (χ2n) is 6.32. The Morgan fingerprint density at radius 2 is 1.95 bits per heavy atom. The van der Waals surface area contributed by atoms with Gasteiger partial charge in [-0.1, -0.05) is 26.7 Å². The highest BCUT2D eigenvalue weighted by Gasteiger charge is 2.39. The number of H-pyrrole nitrogens is 2. The number of hydrogen-bond acceptors (Lipinski definition) is 4. The van der Waals surface area contributed by atoms with Crippen LogP contribution in [0.4, 0.5) is 5.95 Å². The van der Waals surface area contributed by atoms with Crippen LogP contribution >= 0.6 is 0 Å². The number of anilines is 1. The largest absolute Gasteiger partial charge is 0.369 e. The van der Waals surface area contributed by atoms with Crippen molar-refractivity contribution in [1.82, 2.24) is 19.9 Å². The Bertz CT molecular complexity index is 678. The average molecular weight is 275 g/mol. The summed E-state index contributed by atoms with van der Waals surface area (Å²) in [6, 6.07) is 0. The van der Waals surface area contributed by atoms with Gasteiger partial charge in [-0.3, -0.25) is 9.78 Å². The van der Waals surface area contributed by atoms with Crippen LogP contribution in [0.3, 0.4) is 0 Å². The first kappa shape index (κ1) is 13.1. The second kappa shape index (κ2) is 4.61. The SMILES string of the molecule is CC(C)CC1(c2nc3nc(N)[nH]c(=O)c3[nH]2)CCCC1. The van der Waals surface area contributed by atoms with Crippen LogP contribution in [-0.2, 0) is 5.41 Å². The van der Waals surface area contributed by atoms with E-state index in [2.05, 4.69) is 33.8 Å². The summed E-state index contributed by atoms with van der Waals surface area (Å²) in [5, 5.41) is 0. The molecular weight excluding hydrogens is 254 g/mol. The summed E-state index contributed by atoms with van der Waals surface area (Å²) in [6.07, 6.45) is 5.77. The number of imidazole rings is 1. The van der Waals surface area contributed by atoms with E-state index in [0.717, 1.165) is 25.1 Å². The van der Waals surface area contributed by atoms with Crippen LogP contribution < -0.4 is 11.3 Å². The van der Waals surface area contributed by atoms with E-state index in [1.165, 1.54) is 12.8 Å². The summed E-state index contributed by atoms with van der Waals surface area (Å²) in [6.45, 7) is 4.46. The molecule has 0 amide bonds. The van der Waals surface area contributed by atoms with Gasteiger partial charge in [0.2, 0.25) is 5.95 Å². The van der Waals surface area contributed by atoms with Gasteiger partial charge in [0.05, 0.1) is 0 Å². The molecule has 20 heavy (non-hydrogen) atoms. The molecule has 1 fully saturated rings. The summed E-state index contributed by atoms with van der Waals surface area (Å²) < 4.78 is 0. The predicted molar refractivity (Wildman–Crippen MR) is 78.5 cm³/mol. The molecule has 0 atom stereocenters. The third-order valence-corrected chi connectivity index (χ3v) is 4.24. The van der Waals surface area contributed by atoms with Gasteiger partial charge < -0.3 is 10.7 Å². The zero-order valence-electron chi connectivity index (χ0n) is 12.0. The maximum atomic E-state index is 11.9. The number of aromatic amines is 2. The number of nitrogens with one attached hydrogen (secondary N) is 2. The number of fused-ring (bicyclic) bond motifs is 1. The van der Waals surface area contributed by atoms with Crippen LogP contribution in [0.2, 0.25) is 0 Å². The van der Waals surface area contributed by atoms with Gasteiger partial charge in [-0.25, -0.2) is 4.98 Å². The van der Waals surface area contributed by atoms with Gasteiger partial charge in [-0.05, 0) is 25.2 Å². The Balaban J connectivity index is 2.12. The van der Waals surface area contributed by atoms with Gasteiger partial charge in [-0.15, -0.1) is 0 Å². The van der Waals surface area contributed by atoms with E-state index in [1.807, 2.05) is 0 Å². The lowest BCUT2D eigenvalue weighted by Gasteiger charge is -2.28. The molecule has 4 N–H and O–H groups in total. The molecule has 2 aromatic rings. The first-order chi connectivity index (χ1) is 9.50. The summed E-state index contributed by atoms with van der Waals surface area (Å²) in [5.74, 6) is 1.62. The molecule has 0 spiro atoms. The molecule has 1 aliphatic rings. The maximum Gasteiger partial charge on any atom is 0.278 e. The van der Waals surface area contributed by atoms with Gasteiger partial charge >= 0.3 is 0 Å². The molecule has 0 unspecified atom stereocenters. The van der Waals surface area contributed by atoms with E-state index in [4.69, 9.17) is 5.73 Å². The lowest BCUT2D eigenvalue weighted by Crippen LogP contribution is -2.26. The van der Waals surface area contributed by atoms with Crippen molar-refractivity contribution < 1.29 is 0 Å². The molecule has 3 rings (SSSR count). The van der Waals surface area contributed by atoms with Gasteiger partial charge in [0.25, 0.3) is 5.56 Å². The van der Waals surface area contributed by atoms with Crippen LogP contribution in [0.25, 0.3) is 11.2 Å². The summed E-state index contributed by atoms with van der Waals surface area (Å²) in [4.78, 5) is 26.3. The van der Waals surface area contributed by atoms with Gasteiger partial charge in [0.15, 0.2) is 11.2 Å². The highest BCUT2D eigenvalue weighted by Crippen LogP contribution is 2.44. The first-order valence-corrected chi connectivity index (χ1v) is 7.26. The number of aromatic nitrogens is 4. The molecule has 6 nitrogen and oxygen atoms in total. The van der Waals surface area contributed by atoms with Crippen molar-refractivity contribution in [2.45, 2.75) is 51.4 Å². The molecule has 1 saturated carbocycles. The Labute approximate surface area is 117 Å². The smallest absolute Gasteiger partial charge is 0.278 e. The van der Waals surface area contributed by atoms with Crippen molar-refractivity contribution >= 4 is 17.1 Å². The third-order valence-electron chi connectivity index (χ3n) is 4.24. The van der Waals surface area contributed by atoms with Crippen molar-refractivity contribution in [3.05, 3.63) is 16.2 Å². The van der Waals surface area contributed by atoms with E-state index in [0.29, 0.717) is 17.1 Å². The fourth-order valence-electron chi connectivity index (χ4n) is 3.55. The van der Waals surface area contributed by atoms with Gasteiger partial charge in [-0.2, -0.15) is 4.98 Å². The fourth-order valence-corrected chi connectivity index (χ4v) is 3.55. The van der Waals surface area contributed by atoms with Crippen LogP contribution in [0.5, 0.6) is 0 Å². The lowest BCUT2D eigenvalue weighted by atomic mass is 9.78. The minimum absolute atomic E-state index is 0.0655. The van der Waals surface area contributed by atoms with Crippen molar-refractivity contribution in [3.8, 4) is 0 Å². The van der Waals surface area contributed by atoms with Crippen molar-refractivity contribution in [2.75, 3.05) is 5.73 Å². The molecule has 2 heterocycles. The van der Waals surface area contributed by atoms with E-state index in [-0.39, 0.29) is 16.9 Å². The van der Waals surface area contributed by atoms with Crippen LogP contribution in [-0.4, -0.2) is 19.9 Å². The number of rotatable bonds is 3. The van der Waals surface area contributed by atoms with E-state index in [1.54, 1.807) is 0 Å². The normalized spacial score (nSPS) is 18.1. The third kappa shape index (κ3) is 2.09. The monoisotopic (exact) mass is 275 g/mol. The lowest BCUT2D eigenvalue weighted by molar-refractivity contribution is 0.331. The van der Waals surface area contributed by atoms with Gasteiger partial charge in [0.1, 0.15) is 5.82 Å². The molecule has 6 heteroatoms. The Morgan fingerprint density at radius 3 is 2.60 bits per heavy atom. The maximum absolute atomic E-state index is 11.9. The van der Waals surface area contributed by atoms with Gasteiger partial charge in [0, 0.05) is 5.41 Å². The molecular formula is C14H21N5O. The molecule has 0 bridgehead atoms. The molecule has 2 aromatic heterocycles. The van der Waals surface area contributed by atoms with Crippen LogP contribution in [0, 0.1) is 5.92 Å². The van der Waals surface area contributed by atoms with Crippen LogP contribution in [0.1, 0.15) is 51.8 Å². The Hall–Kier alpha value is -1.85. The fraction of sp³-hybridized carbons (Fsp3) is 0.643. The van der Waals surface area contributed by atoms with E-state index >= 15 is 0 Å². The van der Waals surface area contributed by atoms with Crippen molar-refractivity contribution in [2.24, 2.45) is 5.92 Å². The Morgan fingerprint density at radius 1 is 1.25 bits per heavy atom. The quantitative estimate of drug-likeness (QED) is 0.798. The first-order valence-electron chi connectivity index (χ1n) is 7.26. The zero-order chi connectivity index (χ0) is 14.3. The average Bonchev–Trinajstić information content (AvgIpc) is 2.95. The summed E-state index contributed by atoms with van der Waals surface area (Å²) in [5.41, 5.74) is 6.26. The van der Waals surface area contributed by atoms with Crippen molar-refractivity contribution in [1.29, 1.82) is 0 Å². The van der Waals surface area contributed by atoms with Crippen LogP contribution in [0.15, 0.2) is 4.79 Å². The zero-order valence-corrected chi connectivity index (χ0v) is 12.0. The summed E-state index contributed by atoms with van der Waals surface area (Å²) >= 11 is 0. The highest BCUT2D eigenvalue weighted by molar-refractivity contribution is 5.70.